The van der Waals surface area contributed by atoms with Crippen molar-refractivity contribution in [2.75, 3.05) is 45.9 Å². The molecule has 3 rings (SSSR count). The number of carbonyl (C=O) groups is 2. The molecule has 3 saturated heterocycles. The first-order valence-electron chi connectivity index (χ1n) is 7.85. The molecule has 3 unspecified atom stereocenters. The summed E-state index contributed by atoms with van der Waals surface area (Å²) in [5.74, 6) is 0.0771. The molecule has 21 heavy (non-hydrogen) atoms. The van der Waals surface area contributed by atoms with E-state index in [-0.39, 0.29) is 29.9 Å². The van der Waals surface area contributed by atoms with Gasteiger partial charge in [0.1, 0.15) is 0 Å². The molecule has 0 saturated carbocycles. The van der Waals surface area contributed by atoms with Gasteiger partial charge in [-0.2, -0.15) is 0 Å². The molecule has 7 heteroatoms. The molecule has 3 aliphatic rings. The number of hydrogen-bond acceptors (Lipinski definition) is 4. The Morgan fingerprint density at radius 3 is 3.10 bits per heavy atom. The fraction of sp³-hybridized carbons (Fsp3) is 0.857. The Morgan fingerprint density at radius 1 is 1.43 bits per heavy atom. The van der Waals surface area contributed by atoms with Gasteiger partial charge in [0.2, 0.25) is 5.91 Å². The highest BCUT2D eigenvalue weighted by Gasteiger charge is 2.41. The van der Waals surface area contributed by atoms with Crippen LogP contribution in [-0.4, -0.2) is 79.8 Å². The Kier molecular flexibility index (Phi) is 4.30. The van der Waals surface area contributed by atoms with Gasteiger partial charge in [-0.05, 0) is 13.0 Å². The zero-order chi connectivity index (χ0) is 14.8. The van der Waals surface area contributed by atoms with Gasteiger partial charge in [-0.1, -0.05) is 6.92 Å². The second-order valence-electron chi connectivity index (χ2n) is 6.02. The van der Waals surface area contributed by atoms with Crippen molar-refractivity contribution in [2.45, 2.75) is 25.4 Å². The fourth-order valence-corrected chi connectivity index (χ4v) is 3.37. The molecule has 0 aliphatic carbocycles. The summed E-state index contributed by atoms with van der Waals surface area (Å²) in [7, 11) is 0. The normalized spacial score (nSPS) is 32.2. The minimum atomic E-state index is -0.0897. The van der Waals surface area contributed by atoms with Crippen LogP contribution in [0.15, 0.2) is 0 Å². The first-order valence-corrected chi connectivity index (χ1v) is 7.85. The van der Waals surface area contributed by atoms with Crippen molar-refractivity contribution in [1.29, 1.82) is 0 Å². The third-order valence-electron chi connectivity index (χ3n) is 4.60. The lowest BCUT2D eigenvalue weighted by Crippen LogP contribution is -2.56. The number of ether oxygens (including phenoxy) is 1. The van der Waals surface area contributed by atoms with Crippen LogP contribution in [-0.2, 0) is 9.53 Å². The summed E-state index contributed by atoms with van der Waals surface area (Å²) in [5.41, 5.74) is 0. The quantitative estimate of drug-likeness (QED) is 0.715. The minimum absolute atomic E-state index is 0.00112. The number of urea groups is 1. The fourth-order valence-electron chi connectivity index (χ4n) is 3.37. The molecule has 0 bridgehead atoms. The number of hydrogen-bond donors (Lipinski definition) is 2. The smallest absolute Gasteiger partial charge is 0.317 e. The van der Waals surface area contributed by atoms with Gasteiger partial charge in [0.05, 0.1) is 25.2 Å². The highest BCUT2D eigenvalue weighted by molar-refractivity contribution is 5.81. The zero-order valence-electron chi connectivity index (χ0n) is 12.5. The number of piperazine rings is 1. The Hall–Kier alpha value is -1.34. The molecule has 0 aromatic carbocycles. The lowest BCUT2D eigenvalue weighted by atomic mass is 10.0. The summed E-state index contributed by atoms with van der Waals surface area (Å²) in [6.45, 7) is 6.66. The van der Waals surface area contributed by atoms with Gasteiger partial charge in [-0.25, -0.2) is 4.79 Å². The first-order chi connectivity index (χ1) is 10.2. The molecule has 0 aromatic heterocycles. The maximum atomic E-state index is 12.7. The van der Waals surface area contributed by atoms with Crippen molar-refractivity contribution in [2.24, 2.45) is 5.92 Å². The van der Waals surface area contributed by atoms with Gasteiger partial charge in [0.15, 0.2) is 0 Å². The third kappa shape index (κ3) is 2.85. The van der Waals surface area contributed by atoms with Crippen LogP contribution >= 0.6 is 0 Å². The highest BCUT2D eigenvalue weighted by atomic mass is 16.5. The van der Waals surface area contributed by atoms with Crippen molar-refractivity contribution in [3.8, 4) is 0 Å². The van der Waals surface area contributed by atoms with Crippen LogP contribution in [0.5, 0.6) is 0 Å². The van der Waals surface area contributed by atoms with E-state index >= 15 is 0 Å². The second kappa shape index (κ2) is 6.19. The van der Waals surface area contributed by atoms with E-state index in [1.54, 1.807) is 0 Å². The van der Waals surface area contributed by atoms with Gasteiger partial charge in [-0.3, -0.25) is 4.79 Å². The van der Waals surface area contributed by atoms with Crippen molar-refractivity contribution < 1.29 is 14.3 Å². The predicted molar refractivity (Wildman–Crippen MR) is 76.9 cm³/mol. The lowest BCUT2D eigenvalue weighted by molar-refractivity contribution is -0.138. The largest absolute Gasteiger partial charge is 0.379 e. The van der Waals surface area contributed by atoms with E-state index in [2.05, 4.69) is 17.6 Å². The zero-order valence-corrected chi connectivity index (χ0v) is 12.5. The summed E-state index contributed by atoms with van der Waals surface area (Å²) >= 11 is 0. The molecule has 0 aromatic rings. The van der Waals surface area contributed by atoms with E-state index in [0.29, 0.717) is 39.4 Å². The molecule has 2 N–H and O–H groups in total. The summed E-state index contributed by atoms with van der Waals surface area (Å²) in [6.07, 6.45) is 1.05. The maximum absolute atomic E-state index is 12.7. The second-order valence-corrected chi connectivity index (χ2v) is 6.02. The molecule has 3 heterocycles. The molecular weight excluding hydrogens is 272 g/mol. The topological polar surface area (TPSA) is 73.9 Å². The number of nitrogens with one attached hydrogen (secondary N) is 2. The monoisotopic (exact) mass is 296 g/mol. The van der Waals surface area contributed by atoms with E-state index in [0.717, 1.165) is 13.0 Å². The Morgan fingerprint density at radius 2 is 2.29 bits per heavy atom. The average Bonchev–Trinajstić information content (AvgIpc) is 3.11. The molecule has 0 radical (unpaired) electrons. The first kappa shape index (κ1) is 14.6. The van der Waals surface area contributed by atoms with Crippen LogP contribution in [0.2, 0.25) is 0 Å². The van der Waals surface area contributed by atoms with E-state index in [4.69, 9.17) is 4.74 Å². The standard InChI is InChI=1S/C14H24N4O3/c1-2-3-15-12-9-21-8-11(12)13(19)17-4-5-18-10(7-17)6-16-14(18)20/h10-12,15H,2-9H2,1H3,(H,16,20). The van der Waals surface area contributed by atoms with Gasteiger partial charge >= 0.3 is 6.03 Å². The Labute approximate surface area is 125 Å². The van der Waals surface area contributed by atoms with Crippen molar-refractivity contribution in [3.63, 3.8) is 0 Å². The molecule has 118 valence electrons. The maximum Gasteiger partial charge on any atom is 0.317 e. The van der Waals surface area contributed by atoms with Gasteiger partial charge in [0, 0.05) is 32.2 Å². The minimum Gasteiger partial charge on any atom is -0.379 e. The van der Waals surface area contributed by atoms with Crippen molar-refractivity contribution in [3.05, 3.63) is 0 Å². The van der Waals surface area contributed by atoms with E-state index in [1.807, 2.05) is 9.80 Å². The number of rotatable bonds is 4. The molecule has 0 spiro atoms. The summed E-state index contributed by atoms with van der Waals surface area (Å²) in [5, 5.41) is 6.24. The van der Waals surface area contributed by atoms with Crippen LogP contribution in [0.4, 0.5) is 4.79 Å². The van der Waals surface area contributed by atoms with Crippen molar-refractivity contribution >= 4 is 11.9 Å². The Bertz CT molecular complexity index is 417. The summed E-state index contributed by atoms with van der Waals surface area (Å²) < 4.78 is 5.50. The molecule has 3 atom stereocenters. The number of carbonyl (C=O) groups excluding carboxylic acids is 2. The predicted octanol–water partition coefficient (Wildman–Crippen LogP) is -0.763. The summed E-state index contributed by atoms with van der Waals surface area (Å²) in [4.78, 5) is 28.1. The van der Waals surface area contributed by atoms with Crippen LogP contribution in [0, 0.1) is 5.92 Å². The molecular formula is C14H24N4O3. The van der Waals surface area contributed by atoms with Crippen LogP contribution < -0.4 is 10.6 Å². The van der Waals surface area contributed by atoms with E-state index in [1.165, 1.54) is 0 Å². The molecule has 3 amide bonds. The van der Waals surface area contributed by atoms with Gasteiger partial charge < -0.3 is 25.2 Å². The summed E-state index contributed by atoms with van der Waals surface area (Å²) in [6, 6.07) is 0.247. The average molecular weight is 296 g/mol. The SMILES string of the molecule is CCCNC1COCC1C(=O)N1CCN2C(=O)NCC2C1. The number of fused-ring (bicyclic) bond motifs is 1. The van der Waals surface area contributed by atoms with Gasteiger partial charge in [-0.15, -0.1) is 0 Å². The number of nitrogens with zero attached hydrogens (tertiary/aromatic N) is 2. The number of amides is 3. The molecule has 3 aliphatic heterocycles. The highest BCUT2D eigenvalue weighted by Crippen LogP contribution is 2.21. The molecule has 7 nitrogen and oxygen atoms in total. The van der Waals surface area contributed by atoms with Crippen LogP contribution in [0.3, 0.4) is 0 Å². The molecule has 3 fully saturated rings. The van der Waals surface area contributed by atoms with E-state index in [9.17, 15) is 9.59 Å². The van der Waals surface area contributed by atoms with Crippen LogP contribution in [0.25, 0.3) is 0 Å². The lowest BCUT2D eigenvalue weighted by Gasteiger charge is -2.38. The van der Waals surface area contributed by atoms with Crippen molar-refractivity contribution in [1.82, 2.24) is 20.4 Å². The van der Waals surface area contributed by atoms with E-state index < -0.39 is 0 Å². The Balaban J connectivity index is 1.59. The van der Waals surface area contributed by atoms with Crippen LogP contribution in [0.1, 0.15) is 13.3 Å². The van der Waals surface area contributed by atoms with Gasteiger partial charge in [0.25, 0.3) is 0 Å². The third-order valence-corrected chi connectivity index (χ3v) is 4.60.